The molecule has 0 aromatic rings. The van der Waals surface area contributed by atoms with Gasteiger partial charge >= 0.3 is 0 Å². The monoisotopic (exact) mass is 287 g/mol. The predicted molar refractivity (Wildman–Crippen MR) is 77.5 cm³/mol. The van der Waals surface area contributed by atoms with Crippen molar-refractivity contribution in [2.75, 3.05) is 25.6 Å². The van der Waals surface area contributed by atoms with Crippen LogP contribution in [0.3, 0.4) is 0 Å². The topological polar surface area (TPSA) is 29.5 Å². The largest absolute Gasteiger partial charge is 0.377 e. The second-order valence-corrected chi connectivity index (χ2v) is 6.55. The van der Waals surface area contributed by atoms with Crippen LogP contribution in [0.1, 0.15) is 51.9 Å². The van der Waals surface area contributed by atoms with Crippen molar-refractivity contribution in [1.82, 2.24) is 4.90 Å². The second kappa shape index (κ2) is 6.94. The molecule has 2 rings (SSSR count). The molecule has 4 heteroatoms. The van der Waals surface area contributed by atoms with Crippen molar-refractivity contribution >= 4 is 17.5 Å². The minimum Gasteiger partial charge on any atom is -0.377 e. The van der Waals surface area contributed by atoms with Crippen molar-refractivity contribution in [2.24, 2.45) is 5.41 Å². The van der Waals surface area contributed by atoms with Crippen LogP contribution in [0.5, 0.6) is 0 Å². The third-order valence-corrected chi connectivity index (χ3v) is 4.79. The molecule has 3 nitrogen and oxygen atoms in total. The number of carbonyl (C=O) groups excluding carboxylic acids is 1. The molecule has 1 aliphatic heterocycles. The van der Waals surface area contributed by atoms with Gasteiger partial charge in [0.15, 0.2) is 0 Å². The normalized spacial score (nSPS) is 24.4. The van der Waals surface area contributed by atoms with E-state index in [0.717, 1.165) is 38.8 Å². The first-order valence-corrected chi connectivity index (χ1v) is 8.16. The Balaban J connectivity index is 1.81. The van der Waals surface area contributed by atoms with Crippen LogP contribution < -0.4 is 0 Å². The van der Waals surface area contributed by atoms with Crippen molar-refractivity contribution in [3.63, 3.8) is 0 Å². The average Bonchev–Trinajstić information content (AvgIpc) is 2.46. The molecule has 1 saturated carbocycles. The van der Waals surface area contributed by atoms with E-state index in [1.807, 2.05) is 0 Å². The lowest BCUT2D eigenvalue weighted by Gasteiger charge is -2.40. The number of amides is 1. The summed E-state index contributed by atoms with van der Waals surface area (Å²) in [6, 6.07) is 0. The molecule has 2 fully saturated rings. The Morgan fingerprint density at radius 3 is 2.47 bits per heavy atom. The van der Waals surface area contributed by atoms with Gasteiger partial charge in [0.1, 0.15) is 0 Å². The molecular formula is C15H26ClNO2. The summed E-state index contributed by atoms with van der Waals surface area (Å²) in [5, 5.41) is 0. The molecular weight excluding hydrogens is 262 g/mol. The van der Waals surface area contributed by atoms with Gasteiger partial charge in [-0.15, -0.1) is 11.6 Å². The van der Waals surface area contributed by atoms with E-state index in [1.165, 1.54) is 19.3 Å². The summed E-state index contributed by atoms with van der Waals surface area (Å²) in [4.78, 5) is 14.7. The number of alkyl halides is 1. The summed E-state index contributed by atoms with van der Waals surface area (Å²) in [5.41, 5.74) is -0.0952. The van der Waals surface area contributed by atoms with Gasteiger partial charge in [0.2, 0.25) is 5.91 Å². The third-order valence-electron chi connectivity index (χ3n) is 4.63. The van der Waals surface area contributed by atoms with Crippen LogP contribution in [0.25, 0.3) is 0 Å². The maximum Gasteiger partial charge on any atom is 0.228 e. The molecule has 19 heavy (non-hydrogen) atoms. The first kappa shape index (κ1) is 15.1. The summed E-state index contributed by atoms with van der Waals surface area (Å²) in [5.74, 6) is 0.931. The molecule has 1 saturated heterocycles. The maximum absolute atomic E-state index is 12.7. The Labute approximate surface area is 121 Å². The Morgan fingerprint density at radius 2 is 1.89 bits per heavy atom. The Hall–Kier alpha value is -0.280. The molecule has 2 aliphatic rings. The first-order valence-electron chi connectivity index (χ1n) is 7.63. The van der Waals surface area contributed by atoms with Crippen LogP contribution in [-0.2, 0) is 9.53 Å². The molecule has 1 amide bonds. The van der Waals surface area contributed by atoms with E-state index in [1.54, 1.807) is 0 Å². The highest BCUT2D eigenvalue weighted by atomic mass is 35.5. The Morgan fingerprint density at radius 1 is 1.26 bits per heavy atom. The van der Waals surface area contributed by atoms with Gasteiger partial charge in [-0.1, -0.05) is 26.2 Å². The SMILES string of the molecule is CC1(C(=O)N2CCC(OCCCl)CC2)CCCCC1. The molecule has 0 N–H and O–H groups in total. The van der Waals surface area contributed by atoms with Gasteiger partial charge in [-0.05, 0) is 25.7 Å². The molecule has 0 aromatic heterocycles. The summed E-state index contributed by atoms with van der Waals surface area (Å²) < 4.78 is 5.66. The van der Waals surface area contributed by atoms with Crippen LogP contribution in [0.2, 0.25) is 0 Å². The van der Waals surface area contributed by atoms with E-state index < -0.39 is 0 Å². The first-order chi connectivity index (χ1) is 9.15. The minimum absolute atomic E-state index is 0.0952. The van der Waals surface area contributed by atoms with Crippen LogP contribution >= 0.6 is 11.6 Å². The number of carbonyl (C=O) groups is 1. The smallest absolute Gasteiger partial charge is 0.228 e. The fraction of sp³-hybridized carbons (Fsp3) is 0.933. The maximum atomic E-state index is 12.7. The molecule has 0 unspecified atom stereocenters. The predicted octanol–water partition coefficient (Wildman–Crippen LogP) is 3.20. The average molecular weight is 288 g/mol. The molecule has 110 valence electrons. The quantitative estimate of drug-likeness (QED) is 0.743. The van der Waals surface area contributed by atoms with Crippen LogP contribution in [-0.4, -0.2) is 42.5 Å². The standard InChI is InChI=1S/C15H26ClNO2/c1-15(7-3-2-4-8-15)14(18)17-10-5-13(6-11-17)19-12-9-16/h13H,2-12H2,1H3. The zero-order valence-corrected chi connectivity index (χ0v) is 12.8. The fourth-order valence-electron chi connectivity index (χ4n) is 3.36. The van der Waals surface area contributed by atoms with Crippen LogP contribution in [0.4, 0.5) is 0 Å². The number of likely N-dealkylation sites (tertiary alicyclic amines) is 1. The van der Waals surface area contributed by atoms with E-state index in [9.17, 15) is 4.79 Å². The molecule has 0 atom stereocenters. The van der Waals surface area contributed by atoms with Gasteiger partial charge in [0.05, 0.1) is 12.7 Å². The summed E-state index contributed by atoms with van der Waals surface area (Å²) in [6.07, 6.45) is 8.04. The van der Waals surface area contributed by atoms with Gasteiger partial charge in [-0.25, -0.2) is 0 Å². The highest BCUT2D eigenvalue weighted by Gasteiger charge is 2.38. The van der Waals surface area contributed by atoms with Crippen molar-refractivity contribution in [2.45, 2.75) is 58.0 Å². The number of hydrogen-bond donors (Lipinski definition) is 0. The zero-order valence-electron chi connectivity index (χ0n) is 12.0. The molecule has 0 bridgehead atoms. The van der Waals surface area contributed by atoms with Gasteiger partial charge in [-0.2, -0.15) is 0 Å². The number of halogens is 1. The van der Waals surface area contributed by atoms with E-state index in [2.05, 4.69) is 11.8 Å². The second-order valence-electron chi connectivity index (χ2n) is 6.17. The highest BCUT2D eigenvalue weighted by Crippen LogP contribution is 2.38. The summed E-state index contributed by atoms with van der Waals surface area (Å²) in [6.45, 7) is 4.48. The Bertz CT molecular complexity index is 295. The lowest BCUT2D eigenvalue weighted by molar-refractivity contribution is -0.145. The van der Waals surface area contributed by atoms with Gasteiger partial charge in [-0.3, -0.25) is 4.79 Å². The van der Waals surface area contributed by atoms with Crippen LogP contribution in [0, 0.1) is 5.41 Å². The number of rotatable bonds is 4. The Kier molecular flexibility index (Phi) is 5.52. The highest BCUT2D eigenvalue weighted by molar-refractivity contribution is 6.17. The van der Waals surface area contributed by atoms with E-state index >= 15 is 0 Å². The minimum atomic E-state index is -0.0952. The number of hydrogen-bond acceptors (Lipinski definition) is 2. The summed E-state index contributed by atoms with van der Waals surface area (Å²) in [7, 11) is 0. The van der Waals surface area contributed by atoms with Gasteiger partial charge < -0.3 is 9.64 Å². The fourth-order valence-corrected chi connectivity index (χ4v) is 3.45. The lowest BCUT2D eigenvalue weighted by Crippen LogP contribution is -2.48. The number of nitrogens with zero attached hydrogens (tertiary/aromatic N) is 1. The number of piperidine rings is 1. The lowest BCUT2D eigenvalue weighted by atomic mass is 9.74. The van der Waals surface area contributed by atoms with Gasteiger partial charge in [0.25, 0.3) is 0 Å². The molecule has 1 heterocycles. The summed E-state index contributed by atoms with van der Waals surface area (Å²) >= 11 is 5.63. The van der Waals surface area contributed by atoms with E-state index in [-0.39, 0.29) is 5.41 Å². The van der Waals surface area contributed by atoms with E-state index in [4.69, 9.17) is 16.3 Å². The van der Waals surface area contributed by atoms with Crippen molar-refractivity contribution in [3.8, 4) is 0 Å². The molecule has 1 aliphatic carbocycles. The van der Waals surface area contributed by atoms with Crippen LogP contribution in [0.15, 0.2) is 0 Å². The van der Waals surface area contributed by atoms with Crippen molar-refractivity contribution < 1.29 is 9.53 Å². The molecule has 0 spiro atoms. The van der Waals surface area contributed by atoms with Crippen molar-refractivity contribution in [1.29, 1.82) is 0 Å². The van der Waals surface area contributed by atoms with Crippen molar-refractivity contribution in [3.05, 3.63) is 0 Å². The third kappa shape index (κ3) is 3.85. The molecule has 0 radical (unpaired) electrons. The van der Waals surface area contributed by atoms with E-state index in [0.29, 0.717) is 24.5 Å². The molecule has 0 aromatic carbocycles. The zero-order chi connectivity index (χ0) is 13.7. The number of ether oxygens (including phenoxy) is 1. The van der Waals surface area contributed by atoms with Gasteiger partial charge in [0, 0.05) is 24.4 Å².